The molecule has 1 N–H and O–H groups in total. The lowest BCUT2D eigenvalue weighted by Gasteiger charge is -2.34. The van der Waals surface area contributed by atoms with Crippen LogP contribution in [0.5, 0.6) is 0 Å². The number of benzene rings is 1. The summed E-state index contributed by atoms with van der Waals surface area (Å²) < 4.78 is 0. The Kier molecular flexibility index (Phi) is 5.11. The predicted molar refractivity (Wildman–Crippen MR) is 127 cm³/mol. The van der Waals surface area contributed by atoms with Crippen molar-refractivity contribution in [2.45, 2.75) is 25.3 Å². The summed E-state index contributed by atoms with van der Waals surface area (Å²) in [4.78, 5) is 34.4. The van der Waals surface area contributed by atoms with E-state index in [0.29, 0.717) is 12.1 Å². The van der Waals surface area contributed by atoms with Gasteiger partial charge in [-0.15, -0.1) is 0 Å². The average molecular weight is 439 g/mol. The number of rotatable bonds is 5. The highest BCUT2D eigenvalue weighted by Gasteiger charge is 2.32. The van der Waals surface area contributed by atoms with E-state index in [2.05, 4.69) is 37.0 Å². The van der Waals surface area contributed by atoms with Crippen molar-refractivity contribution in [2.24, 2.45) is 0 Å². The van der Waals surface area contributed by atoms with Crippen molar-refractivity contribution in [3.63, 3.8) is 0 Å². The van der Waals surface area contributed by atoms with Gasteiger partial charge in [-0.2, -0.15) is 0 Å². The second kappa shape index (κ2) is 8.41. The largest absolute Gasteiger partial charge is 0.351 e. The van der Waals surface area contributed by atoms with Crippen molar-refractivity contribution >= 4 is 16.8 Å². The normalized spacial score (nSPS) is 16.9. The van der Waals surface area contributed by atoms with Crippen LogP contribution in [-0.4, -0.2) is 67.9 Å². The number of piperazine rings is 1. The minimum atomic E-state index is 0.0922. The number of hydrogen-bond donors (Lipinski definition) is 1. The molecule has 2 fully saturated rings. The Hall–Kier alpha value is -3.58. The molecule has 7 nitrogen and oxygen atoms in total. The highest BCUT2D eigenvalue weighted by atomic mass is 16.2. The molecule has 4 heterocycles. The second-order valence-corrected chi connectivity index (χ2v) is 8.91. The molecule has 0 atom stereocenters. The fourth-order valence-electron chi connectivity index (χ4n) is 4.63. The molecule has 0 unspecified atom stereocenters. The van der Waals surface area contributed by atoms with Gasteiger partial charge in [-0.1, -0.05) is 12.1 Å². The Labute approximate surface area is 192 Å². The molecular weight excluding hydrogens is 412 g/mol. The topological polar surface area (TPSA) is 78.0 Å². The van der Waals surface area contributed by atoms with E-state index in [-0.39, 0.29) is 5.91 Å². The minimum absolute atomic E-state index is 0.0922. The van der Waals surface area contributed by atoms with E-state index < -0.39 is 0 Å². The molecule has 0 spiro atoms. The maximum Gasteiger partial charge on any atom is 0.270 e. The van der Waals surface area contributed by atoms with E-state index in [1.165, 1.54) is 12.8 Å². The summed E-state index contributed by atoms with van der Waals surface area (Å²) in [6.07, 6.45) is 6.80. The number of carbonyl (C=O) groups excluding carboxylic acids is 1. The van der Waals surface area contributed by atoms with E-state index in [0.717, 1.165) is 65.9 Å². The molecule has 166 valence electrons. The highest BCUT2D eigenvalue weighted by Crippen LogP contribution is 2.28. The summed E-state index contributed by atoms with van der Waals surface area (Å²) >= 11 is 0. The van der Waals surface area contributed by atoms with Crippen LogP contribution in [0.4, 0.5) is 0 Å². The Morgan fingerprint density at radius 1 is 0.939 bits per heavy atom. The molecule has 3 aromatic heterocycles. The number of aromatic nitrogens is 4. The van der Waals surface area contributed by atoms with Crippen LogP contribution in [-0.2, 0) is 6.42 Å². The van der Waals surface area contributed by atoms with Crippen molar-refractivity contribution in [1.82, 2.24) is 29.7 Å². The van der Waals surface area contributed by atoms with Crippen LogP contribution < -0.4 is 0 Å². The molecule has 1 aliphatic carbocycles. The molecule has 4 aromatic rings. The molecule has 6 rings (SSSR count). The van der Waals surface area contributed by atoms with Gasteiger partial charge in [0.2, 0.25) is 0 Å². The SMILES string of the molecule is O=C(c1cc2cc(Cc3nccc(-c4ccccn4)n3)ccc2[nH]1)N1CCN(C2CC2)CC1. The van der Waals surface area contributed by atoms with Crippen LogP contribution in [0, 0.1) is 0 Å². The highest BCUT2D eigenvalue weighted by molar-refractivity contribution is 5.98. The van der Waals surface area contributed by atoms with Gasteiger partial charge in [-0.3, -0.25) is 14.7 Å². The first-order valence-corrected chi connectivity index (χ1v) is 11.6. The fraction of sp³-hybridized carbons (Fsp3) is 0.308. The summed E-state index contributed by atoms with van der Waals surface area (Å²) in [5.74, 6) is 0.840. The smallest absolute Gasteiger partial charge is 0.270 e. The molecule has 33 heavy (non-hydrogen) atoms. The number of nitrogens with one attached hydrogen (secondary N) is 1. The Morgan fingerprint density at radius 2 is 1.82 bits per heavy atom. The van der Waals surface area contributed by atoms with E-state index in [1.54, 1.807) is 12.4 Å². The van der Waals surface area contributed by atoms with Crippen molar-refractivity contribution in [3.05, 3.63) is 78.0 Å². The number of H-pyrrole nitrogens is 1. The summed E-state index contributed by atoms with van der Waals surface area (Å²) in [5, 5.41) is 1.04. The quantitative estimate of drug-likeness (QED) is 0.516. The number of nitrogens with zero attached hydrogens (tertiary/aromatic N) is 5. The van der Waals surface area contributed by atoms with Gasteiger partial charge in [0.05, 0.1) is 11.4 Å². The monoisotopic (exact) mass is 438 g/mol. The molecule has 0 radical (unpaired) electrons. The zero-order chi connectivity index (χ0) is 22.2. The Balaban J connectivity index is 1.18. The molecule has 1 saturated carbocycles. The first-order chi connectivity index (χ1) is 16.2. The van der Waals surface area contributed by atoms with Crippen LogP contribution in [0.1, 0.15) is 34.7 Å². The van der Waals surface area contributed by atoms with Gasteiger partial charge in [0.15, 0.2) is 0 Å². The van der Waals surface area contributed by atoms with Gasteiger partial charge >= 0.3 is 0 Å². The van der Waals surface area contributed by atoms with Crippen LogP contribution in [0.25, 0.3) is 22.3 Å². The number of amides is 1. The number of hydrogen-bond acceptors (Lipinski definition) is 5. The Morgan fingerprint density at radius 3 is 2.61 bits per heavy atom. The predicted octanol–water partition coefficient (Wildman–Crippen LogP) is 3.53. The van der Waals surface area contributed by atoms with Crippen LogP contribution in [0.3, 0.4) is 0 Å². The molecule has 1 aliphatic heterocycles. The van der Waals surface area contributed by atoms with Gasteiger partial charge in [0, 0.05) is 61.9 Å². The third kappa shape index (κ3) is 4.24. The molecule has 7 heteroatoms. The first-order valence-electron chi connectivity index (χ1n) is 11.6. The maximum atomic E-state index is 13.1. The fourth-order valence-corrected chi connectivity index (χ4v) is 4.63. The van der Waals surface area contributed by atoms with Crippen molar-refractivity contribution < 1.29 is 4.79 Å². The summed E-state index contributed by atoms with van der Waals surface area (Å²) in [5.41, 5.74) is 4.40. The zero-order valence-electron chi connectivity index (χ0n) is 18.4. The molecular formula is C26H26N6O. The van der Waals surface area contributed by atoms with E-state index in [9.17, 15) is 4.79 Å². The van der Waals surface area contributed by atoms with E-state index in [4.69, 9.17) is 0 Å². The van der Waals surface area contributed by atoms with Crippen molar-refractivity contribution in [1.29, 1.82) is 0 Å². The average Bonchev–Trinajstić information content (AvgIpc) is 3.63. The summed E-state index contributed by atoms with van der Waals surface area (Å²) in [7, 11) is 0. The number of carbonyl (C=O) groups is 1. The molecule has 1 aromatic carbocycles. The standard InChI is InChI=1S/C26H26N6O/c33-26(32-13-11-31(12-14-32)20-5-6-20)24-17-19-15-18(4-7-21(19)29-24)16-25-28-10-8-23(30-25)22-3-1-2-9-27-22/h1-4,7-10,15,17,20,29H,5-6,11-14,16H2. The zero-order valence-corrected chi connectivity index (χ0v) is 18.4. The lowest BCUT2D eigenvalue weighted by molar-refractivity contribution is 0.0622. The van der Waals surface area contributed by atoms with E-state index in [1.807, 2.05) is 41.3 Å². The molecule has 1 amide bonds. The van der Waals surface area contributed by atoms with Gasteiger partial charge in [-0.05, 0) is 54.8 Å². The summed E-state index contributed by atoms with van der Waals surface area (Å²) in [6, 6.07) is 16.6. The third-order valence-electron chi connectivity index (χ3n) is 6.58. The van der Waals surface area contributed by atoms with Crippen LogP contribution >= 0.6 is 0 Å². The maximum absolute atomic E-state index is 13.1. The van der Waals surface area contributed by atoms with Gasteiger partial charge < -0.3 is 9.88 Å². The van der Waals surface area contributed by atoms with Gasteiger partial charge in [-0.25, -0.2) is 9.97 Å². The number of pyridine rings is 1. The van der Waals surface area contributed by atoms with Crippen molar-refractivity contribution in [2.75, 3.05) is 26.2 Å². The van der Waals surface area contributed by atoms with Crippen LogP contribution in [0.15, 0.2) is 60.9 Å². The lowest BCUT2D eigenvalue weighted by Crippen LogP contribution is -2.49. The lowest BCUT2D eigenvalue weighted by atomic mass is 10.1. The first kappa shape index (κ1) is 20.1. The minimum Gasteiger partial charge on any atom is -0.351 e. The summed E-state index contributed by atoms with van der Waals surface area (Å²) in [6.45, 7) is 3.58. The third-order valence-corrected chi connectivity index (χ3v) is 6.58. The van der Waals surface area contributed by atoms with Crippen molar-refractivity contribution in [3.8, 4) is 11.4 Å². The second-order valence-electron chi connectivity index (χ2n) is 8.91. The molecule has 2 aliphatic rings. The van der Waals surface area contributed by atoms with E-state index >= 15 is 0 Å². The van der Waals surface area contributed by atoms with Crippen LogP contribution in [0.2, 0.25) is 0 Å². The van der Waals surface area contributed by atoms with Gasteiger partial charge in [0.25, 0.3) is 5.91 Å². The number of aromatic amines is 1. The molecule has 0 bridgehead atoms. The van der Waals surface area contributed by atoms with Gasteiger partial charge in [0.1, 0.15) is 11.5 Å². The number of fused-ring (bicyclic) bond motifs is 1. The molecule has 1 saturated heterocycles. The Bertz CT molecular complexity index is 1290.